The topological polar surface area (TPSA) is 44.8 Å². The van der Waals surface area contributed by atoms with Crippen molar-refractivity contribution in [3.8, 4) is 5.75 Å². The van der Waals surface area contributed by atoms with Gasteiger partial charge in [-0.05, 0) is 36.1 Å². The number of ether oxygens (including phenoxy) is 3. The maximum absolute atomic E-state index is 11.5. The van der Waals surface area contributed by atoms with E-state index in [1.165, 1.54) is 12.7 Å². The highest BCUT2D eigenvalue weighted by Gasteiger charge is 2.31. The average molecular weight is 264 g/mol. The first kappa shape index (κ1) is 13.9. The van der Waals surface area contributed by atoms with Gasteiger partial charge in [-0.2, -0.15) is 0 Å². The van der Waals surface area contributed by atoms with Crippen LogP contribution in [0.15, 0.2) is 18.2 Å². The summed E-state index contributed by atoms with van der Waals surface area (Å²) in [6.07, 6.45) is 2.22. The largest absolute Gasteiger partial charge is 0.497 e. The fourth-order valence-electron chi connectivity index (χ4n) is 2.78. The average Bonchev–Trinajstić information content (AvgIpc) is 2.46. The van der Waals surface area contributed by atoms with Crippen molar-refractivity contribution in [2.75, 3.05) is 21.3 Å². The van der Waals surface area contributed by atoms with Gasteiger partial charge in [0, 0.05) is 13.0 Å². The smallest absolute Gasteiger partial charge is 0.305 e. The molecule has 1 aromatic rings. The quantitative estimate of drug-likeness (QED) is 0.784. The molecule has 0 bridgehead atoms. The summed E-state index contributed by atoms with van der Waals surface area (Å²) in [5.41, 5.74) is 2.40. The van der Waals surface area contributed by atoms with Crippen LogP contribution in [0.4, 0.5) is 0 Å². The maximum atomic E-state index is 11.5. The van der Waals surface area contributed by atoms with Crippen LogP contribution in [0.1, 0.15) is 30.1 Å². The Kier molecular flexibility index (Phi) is 4.43. The highest BCUT2D eigenvalue weighted by atomic mass is 16.5. The van der Waals surface area contributed by atoms with Gasteiger partial charge >= 0.3 is 5.97 Å². The number of methoxy groups -OCH3 is 3. The van der Waals surface area contributed by atoms with Gasteiger partial charge in [0.1, 0.15) is 5.75 Å². The summed E-state index contributed by atoms with van der Waals surface area (Å²) >= 11 is 0. The third-order valence-electron chi connectivity index (χ3n) is 3.78. The highest BCUT2D eigenvalue weighted by molar-refractivity contribution is 5.69. The van der Waals surface area contributed by atoms with Gasteiger partial charge in [0.2, 0.25) is 0 Å². The molecule has 2 atom stereocenters. The molecule has 4 heteroatoms. The summed E-state index contributed by atoms with van der Waals surface area (Å²) in [6.45, 7) is 0. The molecule has 0 heterocycles. The van der Waals surface area contributed by atoms with Crippen molar-refractivity contribution >= 4 is 5.97 Å². The van der Waals surface area contributed by atoms with E-state index < -0.39 is 0 Å². The fourth-order valence-corrected chi connectivity index (χ4v) is 2.78. The van der Waals surface area contributed by atoms with Crippen LogP contribution >= 0.6 is 0 Å². The molecule has 0 fully saturated rings. The molecule has 0 spiro atoms. The lowest BCUT2D eigenvalue weighted by Crippen LogP contribution is -2.25. The molecule has 4 nitrogen and oxygen atoms in total. The molecule has 1 aliphatic rings. The van der Waals surface area contributed by atoms with Crippen molar-refractivity contribution in [2.24, 2.45) is 5.92 Å². The highest BCUT2D eigenvalue weighted by Crippen LogP contribution is 2.39. The van der Waals surface area contributed by atoms with Crippen molar-refractivity contribution in [1.82, 2.24) is 0 Å². The molecule has 0 saturated carbocycles. The van der Waals surface area contributed by atoms with Crippen LogP contribution in [0.3, 0.4) is 0 Å². The SMILES string of the molecule is COC(=O)CC1CCc2cc(OC)ccc2C1OC. The molecule has 0 radical (unpaired) electrons. The van der Waals surface area contributed by atoms with E-state index in [1.807, 2.05) is 12.1 Å². The Bertz CT molecular complexity index is 455. The van der Waals surface area contributed by atoms with Gasteiger partial charge in [0.05, 0.1) is 26.7 Å². The Labute approximate surface area is 113 Å². The molecule has 2 rings (SSSR count). The molecule has 19 heavy (non-hydrogen) atoms. The van der Waals surface area contributed by atoms with Crippen LogP contribution < -0.4 is 4.74 Å². The number of hydrogen-bond acceptors (Lipinski definition) is 4. The molecule has 0 saturated heterocycles. The van der Waals surface area contributed by atoms with E-state index in [-0.39, 0.29) is 18.0 Å². The van der Waals surface area contributed by atoms with Gasteiger partial charge in [-0.15, -0.1) is 0 Å². The van der Waals surface area contributed by atoms with Gasteiger partial charge in [-0.25, -0.2) is 0 Å². The number of rotatable bonds is 4. The van der Waals surface area contributed by atoms with Crippen molar-refractivity contribution < 1.29 is 19.0 Å². The van der Waals surface area contributed by atoms with Crippen LogP contribution in [0.2, 0.25) is 0 Å². The van der Waals surface area contributed by atoms with E-state index in [0.29, 0.717) is 6.42 Å². The van der Waals surface area contributed by atoms with E-state index >= 15 is 0 Å². The van der Waals surface area contributed by atoms with Crippen molar-refractivity contribution in [2.45, 2.75) is 25.4 Å². The maximum Gasteiger partial charge on any atom is 0.305 e. The molecule has 1 aliphatic carbocycles. The predicted molar refractivity (Wildman–Crippen MR) is 71.2 cm³/mol. The normalized spacial score (nSPS) is 21.6. The predicted octanol–water partition coefficient (Wildman–Crippen LogP) is 2.51. The Morgan fingerprint density at radius 1 is 1.32 bits per heavy atom. The van der Waals surface area contributed by atoms with Crippen molar-refractivity contribution in [3.63, 3.8) is 0 Å². The summed E-state index contributed by atoms with van der Waals surface area (Å²) in [4.78, 5) is 11.5. The first-order valence-corrected chi connectivity index (χ1v) is 6.46. The van der Waals surface area contributed by atoms with Crippen molar-refractivity contribution in [3.05, 3.63) is 29.3 Å². The molecule has 104 valence electrons. The van der Waals surface area contributed by atoms with Crippen LogP contribution in [-0.2, 0) is 20.7 Å². The molecular weight excluding hydrogens is 244 g/mol. The standard InChI is InChI=1S/C15H20O4/c1-17-12-6-7-13-10(8-12)4-5-11(15(13)19-3)9-14(16)18-2/h6-8,11,15H,4-5,9H2,1-3H3. The van der Waals surface area contributed by atoms with Gasteiger partial charge in [-0.3, -0.25) is 4.79 Å². The third kappa shape index (κ3) is 2.89. The van der Waals surface area contributed by atoms with Gasteiger partial charge < -0.3 is 14.2 Å². The van der Waals surface area contributed by atoms with Crippen molar-refractivity contribution in [1.29, 1.82) is 0 Å². The number of benzene rings is 1. The molecule has 0 amide bonds. The summed E-state index contributed by atoms with van der Waals surface area (Å²) in [5, 5.41) is 0. The number of carbonyl (C=O) groups excluding carboxylic acids is 1. The number of aryl methyl sites for hydroxylation is 1. The zero-order chi connectivity index (χ0) is 13.8. The summed E-state index contributed by atoms with van der Waals surface area (Å²) in [6, 6.07) is 6.02. The molecule has 1 aromatic carbocycles. The van der Waals surface area contributed by atoms with E-state index in [1.54, 1.807) is 14.2 Å². The zero-order valence-corrected chi connectivity index (χ0v) is 11.6. The van der Waals surface area contributed by atoms with E-state index in [2.05, 4.69) is 6.07 Å². The Morgan fingerprint density at radius 2 is 2.11 bits per heavy atom. The van der Waals surface area contributed by atoms with E-state index in [9.17, 15) is 4.79 Å². The monoisotopic (exact) mass is 264 g/mol. The second-order valence-corrected chi connectivity index (χ2v) is 4.80. The summed E-state index contributed by atoms with van der Waals surface area (Å²) in [5.74, 6) is 0.863. The first-order valence-electron chi connectivity index (χ1n) is 6.46. The first-order chi connectivity index (χ1) is 9.19. The minimum atomic E-state index is -0.177. The third-order valence-corrected chi connectivity index (χ3v) is 3.78. The number of carbonyl (C=O) groups is 1. The number of hydrogen-bond donors (Lipinski definition) is 0. The summed E-state index contributed by atoms with van der Waals surface area (Å²) < 4.78 is 15.6. The Morgan fingerprint density at radius 3 is 2.74 bits per heavy atom. The second-order valence-electron chi connectivity index (χ2n) is 4.80. The van der Waals surface area contributed by atoms with Gasteiger partial charge in [0.25, 0.3) is 0 Å². The molecule has 0 aliphatic heterocycles. The van der Waals surface area contributed by atoms with E-state index in [4.69, 9.17) is 14.2 Å². The van der Waals surface area contributed by atoms with Crippen LogP contribution in [-0.4, -0.2) is 27.3 Å². The van der Waals surface area contributed by atoms with E-state index in [0.717, 1.165) is 24.2 Å². The van der Waals surface area contributed by atoms with Gasteiger partial charge in [-0.1, -0.05) is 6.07 Å². The Balaban J connectivity index is 2.23. The van der Waals surface area contributed by atoms with Crippen LogP contribution in [0.5, 0.6) is 5.75 Å². The Hall–Kier alpha value is -1.55. The lowest BCUT2D eigenvalue weighted by atomic mass is 9.79. The fraction of sp³-hybridized carbons (Fsp3) is 0.533. The number of fused-ring (bicyclic) bond motifs is 1. The van der Waals surface area contributed by atoms with Crippen LogP contribution in [0, 0.1) is 5.92 Å². The molecular formula is C15H20O4. The van der Waals surface area contributed by atoms with Gasteiger partial charge in [0.15, 0.2) is 0 Å². The minimum Gasteiger partial charge on any atom is -0.497 e. The summed E-state index contributed by atoms with van der Waals surface area (Å²) in [7, 11) is 4.78. The minimum absolute atomic E-state index is 0.0474. The molecule has 2 unspecified atom stereocenters. The zero-order valence-electron chi connectivity index (χ0n) is 11.6. The lowest BCUT2D eigenvalue weighted by molar-refractivity contribution is -0.143. The lowest BCUT2D eigenvalue weighted by Gasteiger charge is -2.32. The molecule has 0 aromatic heterocycles. The van der Waals surface area contributed by atoms with Crippen LogP contribution in [0.25, 0.3) is 0 Å². The molecule has 0 N–H and O–H groups in total. The second kappa shape index (κ2) is 6.06. The number of esters is 1.